The van der Waals surface area contributed by atoms with E-state index in [4.69, 9.17) is 5.73 Å². The first-order chi connectivity index (χ1) is 18.3. The molecular weight excluding hydrogens is 494 g/mol. The van der Waals surface area contributed by atoms with Gasteiger partial charge >= 0.3 is 0 Å². The second-order valence-corrected chi connectivity index (χ2v) is 9.77. The molecule has 2 fully saturated rings. The molecule has 5 rings (SSSR count). The van der Waals surface area contributed by atoms with Crippen molar-refractivity contribution in [2.75, 3.05) is 68.0 Å². The Morgan fingerprint density at radius 1 is 1.00 bits per heavy atom. The number of benzene rings is 1. The van der Waals surface area contributed by atoms with Crippen molar-refractivity contribution >= 4 is 23.5 Å². The summed E-state index contributed by atoms with van der Waals surface area (Å²) in [6.07, 6.45) is 5.23. The van der Waals surface area contributed by atoms with Gasteiger partial charge in [-0.15, -0.1) is 0 Å². The molecule has 0 unspecified atom stereocenters. The van der Waals surface area contributed by atoms with Gasteiger partial charge in [0, 0.05) is 75.1 Å². The average molecular weight is 527 g/mol. The highest BCUT2D eigenvalue weighted by Crippen LogP contribution is 2.25. The van der Waals surface area contributed by atoms with Crippen LogP contribution in [0.15, 0.2) is 36.5 Å². The summed E-state index contributed by atoms with van der Waals surface area (Å²) in [5.74, 6) is -0.150. The second kappa shape index (κ2) is 11.0. The topological polar surface area (TPSA) is 120 Å². The first-order valence-corrected chi connectivity index (χ1v) is 12.6. The van der Waals surface area contributed by atoms with Gasteiger partial charge in [-0.3, -0.25) is 4.90 Å². The van der Waals surface area contributed by atoms with Crippen molar-refractivity contribution in [1.82, 2.24) is 24.6 Å². The Morgan fingerprint density at radius 2 is 1.71 bits per heavy atom. The number of halogens is 2. The zero-order valence-corrected chi connectivity index (χ0v) is 21.2. The number of aromatic nitrogens is 4. The van der Waals surface area contributed by atoms with Crippen LogP contribution in [-0.2, 0) is 0 Å². The van der Waals surface area contributed by atoms with Gasteiger partial charge in [0.2, 0.25) is 5.95 Å². The molecule has 2 aromatic heterocycles. The fourth-order valence-electron chi connectivity index (χ4n) is 4.99. The first kappa shape index (κ1) is 26.0. The molecular formula is C26H32F2N8O2. The smallest absolute Gasteiger partial charge is 0.224 e. The fraction of sp³-hybridized carbons (Fsp3) is 0.423. The number of aliphatic hydroxyl groups excluding tert-OH is 2. The molecule has 4 heterocycles. The lowest BCUT2D eigenvalue weighted by Crippen LogP contribution is -2.46. The van der Waals surface area contributed by atoms with Gasteiger partial charge < -0.3 is 25.7 Å². The van der Waals surface area contributed by atoms with Crippen LogP contribution in [0.5, 0.6) is 0 Å². The van der Waals surface area contributed by atoms with Gasteiger partial charge in [0.1, 0.15) is 17.5 Å². The van der Waals surface area contributed by atoms with Crippen molar-refractivity contribution < 1.29 is 19.0 Å². The normalized spacial score (nSPS) is 20.7. The Hall–Kier alpha value is -3.61. The van der Waals surface area contributed by atoms with E-state index in [0.717, 1.165) is 37.0 Å². The predicted octanol–water partition coefficient (Wildman–Crippen LogP) is 1.46. The Morgan fingerprint density at radius 3 is 2.39 bits per heavy atom. The quantitative estimate of drug-likeness (QED) is 0.420. The van der Waals surface area contributed by atoms with Crippen LogP contribution in [0.2, 0.25) is 0 Å². The molecule has 2 aliphatic rings. The minimum absolute atomic E-state index is 0.0955. The molecule has 0 radical (unpaired) electrons. The maximum absolute atomic E-state index is 13.6. The highest BCUT2D eigenvalue weighted by Gasteiger charge is 2.32. The summed E-state index contributed by atoms with van der Waals surface area (Å²) in [5, 5.41) is 24.1. The van der Waals surface area contributed by atoms with E-state index < -0.39 is 17.7 Å². The maximum atomic E-state index is 13.6. The lowest BCUT2D eigenvalue weighted by molar-refractivity contribution is 0.104. The monoisotopic (exact) mass is 526 g/mol. The van der Waals surface area contributed by atoms with Crippen molar-refractivity contribution in [3.05, 3.63) is 59.4 Å². The molecule has 10 nitrogen and oxygen atoms in total. The first-order valence-electron chi connectivity index (χ1n) is 12.6. The molecule has 12 heteroatoms. The third kappa shape index (κ3) is 5.62. The number of nitrogens with zero attached hydrogens (tertiary/aromatic N) is 7. The minimum Gasteiger partial charge on any atom is -0.396 e. The lowest BCUT2D eigenvalue weighted by atomic mass is 10.1. The summed E-state index contributed by atoms with van der Waals surface area (Å²) in [5.41, 5.74) is 8.38. The molecule has 2 aliphatic heterocycles. The van der Waals surface area contributed by atoms with E-state index in [1.165, 1.54) is 12.1 Å². The van der Waals surface area contributed by atoms with E-state index in [9.17, 15) is 19.0 Å². The average Bonchev–Trinajstić information content (AvgIpc) is 3.45. The van der Waals surface area contributed by atoms with Crippen molar-refractivity contribution in [3.63, 3.8) is 0 Å². The summed E-state index contributed by atoms with van der Waals surface area (Å²) in [6, 6.07) is 5.40. The lowest BCUT2D eigenvalue weighted by Gasteiger charge is -2.35. The zero-order valence-electron chi connectivity index (χ0n) is 21.2. The summed E-state index contributed by atoms with van der Waals surface area (Å²) in [4.78, 5) is 14.8. The number of piperazine rings is 1. The molecule has 0 saturated carbocycles. The second-order valence-electron chi connectivity index (χ2n) is 9.77. The van der Waals surface area contributed by atoms with Gasteiger partial charge in [0.15, 0.2) is 5.82 Å². The number of aliphatic hydroxyl groups is 2. The fourth-order valence-corrected chi connectivity index (χ4v) is 4.99. The van der Waals surface area contributed by atoms with E-state index in [1.54, 1.807) is 16.9 Å². The predicted molar refractivity (Wildman–Crippen MR) is 141 cm³/mol. The molecule has 0 amide bonds. The molecule has 38 heavy (non-hydrogen) atoms. The largest absolute Gasteiger partial charge is 0.396 e. The van der Waals surface area contributed by atoms with E-state index in [-0.39, 0.29) is 18.5 Å². The molecule has 3 aromatic rings. The van der Waals surface area contributed by atoms with Crippen molar-refractivity contribution in [2.45, 2.75) is 13.0 Å². The van der Waals surface area contributed by atoms with E-state index >= 15 is 0 Å². The van der Waals surface area contributed by atoms with Crippen LogP contribution in [0.4, 0.5) is 26.2 Å². The maximum Gasteiger partial charge on any atom is 0.224 e. The summed E-state index contributed by atoms with van der Waals surface area (Å²) >= 11 is 0. The number of rotatable bonds is 7. The van der Waals surface area contributed by atoms with Crippen molar-refractivity contribution in [1.29, 1.82) is 0 Å². The molecule has 0 bridgehead atoms. The SMILES string of the molecule is Cc1c(/C=C/CN2CCN(c3cc(F)cc(F)c3)CC2)cnn1-c1cc(N2C[C@@H](CO)[C@@H](O)C2)nc(N)n1. The number of hydrogen-bond acceptors (Lipinski definition) is 9. The molecule has 4 N–H and O–H groups in total. The summed E-state index contributed by atoms with van der Waals surface area (Å²) in [6.45, 7) is 6.39. The minimum atomic E-state index is -0.630. The number of nitrogen functional groups attached to an aromatic ring is 1. The number of β-amino-alcohol motifs (C(OH)–C–C–N with tert-alkyl or cyclic N) is 1. The molecule has 202 valence electrons. The zero-order chi connectivity index (χ0) is 26.8. The van der Waals surface area contributed by atoms with Gasteiger partial charge in [-0.1, -0.05) is 12.2 Å². The van der Waals surface area contributed by atoms with Crippen LogP contribution in [0, 0.1) is 24.5 Å². The Bertz CT molecular complexity index is 1290. The third-order valence-electron chi connectivity index (χ3n) is 7.19. The number of anilines is 3. The Labute approximate surface area is 219 Å². The van der Waals surface area contributed by atoms with Crippen molar-refractivity contribution in [3.8, 4) is 5.82 Å². The van der Waals surface area contributed by atoms with Gasteiger partial charge in [0.05, 0.1) is 24.6 Å². The van der Waals surface area contributed by atoms with Gasteiger partial charge in [0.25, 0.3) is 0 Å². The van der Waals surface area contributed by atoms with Gasteiger partial charge in [-0.05, 0) is 19.1 Å². The molecule has 0 spiro atoms. The highest BCUT2D eigenvalue weighted by molar-refractivity contribution is 5.54. The summed E-state index contributed by atoms with van der Waals surface area (Å²) < 4.78 is 28.8. The van der Waals surface area contributed by atoms with Gasteiger partial charge in [-0.25, -0.2) is 13.5 Å². The summed E-state index contributed by atoms with van der Waals surface area (Å²) in [7, 11) is 0. The third-order valence-corrected chi connectivity index (χ3v) is 7.19. The van der Waals surface area contributed by atoms with Crippen LogP contribution in [0.25, 0.3) is 11.9 Å². The molecule has 2 atom stereocenters. The highest BCUT2D eigenvalue weighted by atomic mass is 19.1. The number of hydrogen-bond donors (Lipinski definition) is 3. The van der Waals surface area contributed by atoms with E-state index in [2.05, 4.69) is 26.0 Å². The van der Waals surface area contributed by atoms with E-state index in [1.807, 2.05) is 22.8 Å². The molecule has 0 aliphatic carbocycles. The van der Waals surface area contributed by atoms with Gasteiger partial charge in [-0.2, -0.15) is 15.1 Å². The Kier molecular flexibility index (Phi) is 7.54. The Balaban J connectivity index is 1.21. The molecule has 1 aromatic carbocycles. The van der Waals surface area contributed by atoms with Crippen LogP contribution < -0.4 is 15.5 Å². The molecule has 2 saturated heterocycles. The van der Waals surface area contributed by atoms with Crippen LogP contribution in [0.3, 0.4) is 0 Å². The van der Waals surface area contributed by atoms with E-state index in [0.29, 0.717) is 43.5 Å². The standard InChI is InChI=1S/C26H32F2N8O2/c1-17-18(3-2-4-33-5-7-34(8-6-33)22-10-20(27)9-21(28)11-22)13-30-36(17)25-12-24(31-26(29)32-25)35-14-19(16-37)23(38)15-35/h2-3,9-13,19,23,37-38H,4-8,14-16H2,1H3,(H2,29,31,32)/b3-2+/t19-,23-/m0/s1. The van der Waals surface area contributed by atoms with Crippen LogP contribution in [-0.4, -0.2) is 93.4 Å². The van der Waals surface area contributed by atoms with Crippen molar-refractivity contribution in [2.24, 2.45) is 5.92 Å². The van der Waals surface area contributed by atoms with Crippen LogP contribution >= 0.6 is 0 Å². The number of nitrogens with two attached hydrogens (primary N) is 1. The van der Waals surface area contributed by atoms with Crippen LogP contribution in [0.1, 0.15) is 11.3 Å².